The van der Waals surface area contributed by atoms with Crippen LogP contribution >= 0.6 is 11.6 Å². The van der Waals surface area contributed by atoms with E-state index in [0.29, 0.717) is 17.0 Å². The quantitative estimate of drug-likeness (QED) is 0.708. The Balaban J connectivity index is 2.85. The minimum absolute atomic E-state index is 0.146. The van der Waals surface area contributed by atoms with E-state index >= 15 is 0 Å². The number of carbonyl (C=O) groups is 3. The highest BCUT2D eigenvalue weighted by Crippen LogP contribution is 2.12. The number of hydrogen-bond acceptors (Lipinski definition) is 3. The number of benzene rings is 1. The Morgan fingerprint density at radius 2 is 1.70 bits per heavy atom. The summed E-state index contributed by atoms with van der Waals surface area (Å²) in [5.41, 5.74) is 0.377. The molecule has 0 aliphatic heterocycles. The molecule has 23 heavy (non-hydrogen) atoms. The van der Waals surface area contributed by atoms with Crippen LogP contribution in [0.4, 0.5) is 0 Å². The number of carboxylic acids is 1. The smallest absolute Gasteiger partial charge is 0.325 e. The molecule has 0 aliphatic rings. The minimum Gasteiger partial charge on any atom is -0.480 e. The van der Waals surface area contributed by atoms with Crippen LogP contribution in [0, 0.1) is 5.92 Å². The fraction of sp³-hybridized carbons (Fsp3) is 0.438. The standard InChI is InChI=1S/C16H21ClN2O4/c1-4-9(2)13(15(21)18-10(3)16(22)23)19-14(20)11-5-7-12(17)8-6-11/h5-10,13H,4H2,1-3H3,(H,18,21)(H,19,20)(H,22,23)/t9?,10-,13?/m1/s1. The Morgan fingerprint density at radius 1 is 1.13 bits per heavy atom. The molecule has 7 heteroatoms. The van der Waals surface area contributed by atoms with Gasteiger partial charge in [0, 0.05) is 10.6 Å². The molecule has 0 aliphatic carbocycles. The maximum Gasteiger partial charge on any atom is 0.325 e. The molecule has 3 atom stereocenters. The van der Waals surface area contributed by atoms with E-state index in [-0.39, 0.29) is 5.92 Å². The molecular weight excluding hydrogens is 320 g/mol. The summed E-state index contributed by atoms with van der Waals surface area (Å²) >= 11 is 5.78. The third kappa shape index (κ3) is 5.56. The van der Waals surface area contributed by atoms with Gasteiger partial charge in [-0.3, -0.25) is 14.4 Å². The Morgan fingerprint density at radius 3 is 2.17 bits per heavy atom. The third-order valence-electron chi connectivity index (χ3n) is 3.62. The molecule has 126 valence electrons. The summed E-state index contributed by atoms with van der Waals surface area (Å²) in [5, 5.41) is 14.4. The van der Waals surface area contributed by atoms with Gasteiger partial charge in [0.15, 0.2) is 0 Å². The van der Waals surface area contributed by atoms with E-state index in [1.165, 1.54) is 6.92 Å². The molecule has 0 spiro atoms. The summed E-state index contributed by atoms with van der Waals surface area (Å²) in [6.07, 6.45) is 0.653. The van der Waals surface area contributed by atoms with Crippen molar-refractivity contribution >= 4 is 29.4 Å². The Labute approximate surface area is 140 Å². The van der Waals surface area contributed by atoms with Crippen LogP contribution in [-0.2, 0) is 9.59 Å². The predicted octanol–water partition coefficient (Wildman–Crippen LogP) is 2.07. The largest absolute Gasteiger partial charge is 0.480 e. The van der Waals surface area contributed by atoms with Crippen molar-refractivity contribution in [3.8, 4) is 0 Å². The molecule has 0 aromatic heterocycles. The lowest BCUT2D eigenvalue weighted by atomic mass is 9.97. The van der Waals surface area contributed by atoms with Gasteiger partial charge in [0.2, 0.25) is 5.91 Å². The lowest BCUT2D eigenvalue weighted by Crippen LogP contribution is -2.53. The number of hydrogen-bond donors (Lipinski definition) is 3. The Kier molecular flexibility index (Phi) is 7.03. The highest BCUT2D eigenvalue weighted by atomic mass is 35.5. The van der Waals surface area contributed by atoms with Crippen molar-refractivity contribution in [2.24, 2.45) is 5.92 Å². The first kappa shape index (κ1) is 19.0. The van der Waals surface area contributed by atoms with Gasteiger partial charge < -0.3 is 15.7 Å². The van der Waals surface area contributed by atoms with E-state index in [9.17, 15) is 14.4 Å². The first-order valence-corrected chi connectivity index (χ1v) is 7.73. The van der Waals surface area contributed by atoms with E-state index in [1.54, 1.807) is 24.3 Å². The van der Waals surface area contributed by atoms with Crippen molar-refractivity contribution < 1.29 is 19.5 Å². The molecule has 0 fully saturated rings. The fourth-order valence-corrected chi connectivity index (χ4v) is 2.02. The number of carboxylic acid groups (broad SMARTS) is 1. The second kappa shape index (κ2) is 8.53. The molecular formula is C16H21ClN2O4. The molecule has 0 radical (unpaired) electrons. The van der Waals surface area contributed by atoms with E-state index in [0.717, 1.165) is 0 Å². The fourth-order valence-electron chi connectivity index (χ4n) is 1.89. The molecule has 1 aromatic carbocycles. The van der Waals surface area contributed by atoms with Crippen molar-refractivity contribution in [2.75, 3.05) is 0 Å². The van der Waals surface area contributed by atoms with Crippen LogP contribution in [0.25, 0.3) is 0 Å². The number of aliphatic carboxylic acids is 1. The van der Waals surface area contributed by atoms with Crippen LogP contribution < -0.4 is 10.6 Å². The molecule has 2 amide bonds. The van der Waals surface area contributed by atoms with Crippen molar-refractivity contribution in [3.63, 3.8) is 0 Å². The number of rotatable bonds is 7. The summed E-state index contributed by atoms with van der Waals surface area (Å²) in [7, 11) is 0. The SMILES string of the molecule is CCC(C)C(NC(=O)c1ccc(Cl)cc1)C(=O)N[C@H](C)C(=O)O. The second-order valence-corrected chi connectivity index (χ2v) is 5.85. The zero-order valence-electron chi connectivity index (χ0n) is 13.3. The Hall–Kier alpha value is -2.08. The molecule has 0 heterocycles. The third-order valence-corrected chi connectivity index (χ3v) is 3.87. The molecule has 0 saturated heterocycles. The number of nitrogens with one attached hydrogen (secondary N) is 2. The van der Waals surface area contributed by atoms with E-state index in [1.807, 2.05) is 13.8 Å². The van der Waals surface area contributed by atoms with Crippen molar-refractivity contribution in [1.82, 2.24) is 10.6 Å². The first-order valence-electron chi connectivity index (χ1n) is 7.35. The molecule has 0 saturated carbocycles. The number of halogens is 1. The van der Waals surface area contributed by atoms with Gasteiger partial charge in [-0.2, -0.15) is 0 Å². The summed E-state index contributed by atoms with van der Waals surface area (Å²) in [5.74, 6) is -2.21. The van der Waals surface area contributed by atoms with E-state index in [2.05, 4.69) is 10.6 Å². The van der Waals surface area contributed by atoms with Crippen molar-refractivity contribution in [3.05, 3.63) is 34.9 Å². The van der Waals surface area contributed by atoms with Gasteiger partial charge in [-0.05, 0) is 37.1 Å². The normalized spacial score (nSPS) is 14.4. The van der Waals surface area contributed by atoms with Crippen molar-refractivity contribution in [1.29, 1.82) is 0 Å². The van der Waals surface area contributed by atoms with E-state index < -0.39 is 29.9 Å². The van der Waals surface area contributed by atoms with Crippen LogP contribution in [0.15, 0.2) is 24.3 Å². The summed E-state index contributed by atoms with van der Waals surface area (Å²) in [6, 6.07) is 4.45. The van der Waals surface area contributed by atoms with Gasteiger partial charge in [0.25, 0.3) is 5.91 Å². The average Bonchev–Trinajstić information content (AvgIpc) is 2.51. The topological polar surface area (TPSA) is 95.5 Å². The molecule has 0 bridgehead atoms. The lowest BCUT2D eigenvalue weighted by Gasteiger charge is -2.24. The van der Waals surface area contributed by atoms with Gasteiger partial charge in [-0.25, -0.2) is 0 Å². The van der Waals surface area contributed by atoms with Gasteiger partial charge in [0.05, 0.1) is 0 Å². The predicted molar refractivity (Wildman–Crippen MR) is 87.4 cm³/mol. The average molecular weight is 341 g/mol. The van der Waals surface area contributed by atoms with Crippen LogP contribution in [0.5, 0.6) is 0 Å². The van der Waals surface area contributed by atoms with E-state index in [4.69, 9.17) is 16.7 Å². The first-order chi connectivity index (χ1) is 10.8. The lowest BCUT2D eigenvalue weighted by molar-refractivity contribution is -0.141. The highest BCUT2D eigenvalue weighted by molar-refractivity contribution is 6.30. The van der Waals surface area contributed by atoms with Gasteiger partial charge >= 0.3 is 5.97 Å². The monoisotopic (exact) mass is 340 g/mol. The van der Waals surface area contributed by atoms with Crippen LogP contribution in [0.3, 0.4) is 0 Å². The summed E-state index contributed by atoms with van der Waals surface area (Å²) < 4.78 is 0. The van der Waals surface area contributed by atoms with Crippen LogP contribution in [0.2, 0.25) is 5.02 Å². The number of amides is 2. The van der Waals surface area contributed by atoms with Crippen molar-refractivity contribution in [2.45, 2.75) is 39.3 Å². The maximum absolute atomic E-state index is 12.3. The van der Waals surface area contributed by atoms with Gasteiger partial charge in [-0.1, -0.05) is 31.9 Å². The maximum atomic E-state index is 12.3. The Bertz CT molecular complexity index is 574. The summed E-state index contributed by atoms with van der Waals surface area (Å²) in [4.78, 5) is 35.4. The van der Waals surface area contributed by atoms with Gasteiger partial charge in [-0.15, -0.1) is 0 Å². The van der Waals surface area contributed by atoms with Crippen LogP contribution in [-0.4, -0.2) is 35.0 Å². The molecule has 2 unspecified atom stereocenters. The zero-order chi connectivity index (χ0) is 17.6. The molecule has 6 nitrogen and oxygen atoms in total. The molecule has 3 N–H and O–H groups in total. The highest BCUT2D eigenvalue weighted by Gasteiger charge is 2.28. The number of carbonyl (C=O) groups excluding carboxylic acids is 2. The second-order valence-electron chi connectivity index (χ2n) is 5.41. The molecule has 1 rings (SSSR count). The molecule has 1 aromatic rings. The van der Waals surface area contributed by atoms with Gasteiger partial charge in [0.1, 0.15) is 12.1 Å². The minimum atomic E-state index is -1.13. The van der Waals surface area contributed by atoms with Crippen LogP contribution in [0.1, 0.15) is 37.6 Å². The zero-order valence-corrected chi connectivity index (χ0v) is 14.1. The summed E-state index contributed by atoms with van der Waals surface area (Å²) in [6.45, 7) is 5.08.